The number of nitrogens with one attached hydrogen (secondary N) is 1. The van der Waals surface area contributed by atoms with Crippen LogP contribution in [0.1, 0.15) is 25.7 Å². The van der Waals surface area contributed by atoms with Crippen molar-refractivity contribution < 1.29 is 9.18 Å². The van der Waals surface area contributed by atoms with Crippen molar-refractivity contribution >= 4 is 22.9 Å². The molecule has 0 aliphatic heterocycles. The topological polar surface area (TPSA) is 72.9 Å². The van der Waals surface area contributed by atoms with E-state index in [1.807, 2.05) is 0 Å². The number of amides is 1. The van der Waals surface area contributed by atoms with E-state index in [9.17, 15) is 9.18 Å². The third kappa shape index (κ3) is 2.76. The first-order valence-corrected chi connectivity index (χ1v) is 7.22. The number of halogens is 1. The lowest BCUT2D eigenvalue weighted by Gasteiger charge is -2.14. The molecule has 1 amide bonds. The molecule has 0 spiro atoms. The van der Waals surface area contributed by atoms with Gasteiger partial charge < -0.3 is 10.3 Å². The average molecular weight is 290 g/mol. The Morgan fingerprint density at radius 3 is 3.05 bits per heavy atom. The Labute approximate surface area is 122 Å². The molecule has 21 heavy (non-hydrogen) atoms. The van der Waals surface area contributed by atoms with Crippen LogP contribution in [0.2, 0.25) is 0 Å². The minimum absolute atomic E-state index is 0.0868. The van der Waals surface area contributed by atoms with E-state index in [-0.39, 0.29) is 23.7 Å². The molecule has 3 rings (SSSR count). The van der Waals surface area contributed by atoms with E-state index in [0.717, 1.165) is 24.8 Å². The molecule has 2 atom stereocenters. The first-order valence-electron chi connectivity index (χ1n) is 7.22. The van der Waals surface area contributed by atoms with Gasteiger partial charge in [-0.15, -0.1) is 0 Å². The molecule has 5 nitrogen and oxygen atoms in total. The lowest BCUT2D eigenvalue weighted by atomic mass is 10.00. The Hall–Kier alpha value is -1.95. The van der Waals surface area contributed by atoms with Gasteiger partial charge in [0, 0.05) is 25.6 Å². The second-order valence-corrected chi connectivity index (χ2v) is 5.73. The average Bonchev–Trinajstić information content (AvgIpc) is 2.95. The fourth-order valence-corrected chi connectivity index (χ4v) is 3.02. The van der Waals surface area contributed by atoms with Crippen molar-refractivity contribution in [2.45, 2.75) is 31.7 Å². The van der Waals surface area contributed by atoms with E-state index in [2.05, 4.69) is 10.3 Å². The maximum atomic E-state index is 13.2. The molecule has 0 bridgehead atoms. The minimum Gasteiger partial charge on any atom is -0.327 e. The van der Waals surface area contributed by atoms with E-state index in [1.54, 1.807) is 17.7 Å². The summed E-state index contributed by atoms with van der Waals surface area (Å²) in [5, 5.41) is 2.80. The third-order valence-electron chi connectivity index (χ3n) is 4.26. The van der Waals surface area contributed by atoms with Crippen molar-refractivity contribution in [1.29, 1.82) is 0 Å². The van der Waals surface area contributed by atoms with Crippen molar-refractivity contribution in [3.63, 3.8) is 0 Å². The highest BCUT2D eigenvalue weighted by molar-refractivity contribution is 5.91. The molecule has 1 heterocycles. The number of nitrogens with zero attached hydrogens (tertiary/aromatic N) is 2. The lowest BCUT2D eigenvalue weighted by molar-refractivity contribution is -0.117. The van der Waals surface area contributed by atoms with Gasteiger partial charge in [0.05, 0.1) is 11.0 Å². The molecule has 1 saturated carbocycles. The zero-order chi connectivity index (χ0) is 15.0. The normalized spacial score (nSPS) is 21.9. The summed E-state index contributed by atoms with van der Waals surface area (Å²) < 4.78 is 15.0. The zero-order valence-electron chi connectivity index (χ0n) is 12.0. The Morgan fingerprint density at radius 1 is 1.52 bits per heavy atom. The van der Waals surface area contributed by atoms with Gasteiger partial charge in [-0.1, -0.05) is 6.42 Å². The monoisotopic (exact) mass is 290 g/mol. The summed E-state index contributed by atoms with van der Waals surface area (Å²) in [5.74, 6) is 0.260. The SMILES string of the molecule is Cn1c(NC(=O)C[C@@H]2CCC[C@H]2N)nc2cc(F)ccc21. The molecule has 1 fully saturated rings. The van der Waals surface area contributed by atoms with Crippen LogP contribution in [-0.4, -0.2) is 21.5 Å². The molecule has 1 aliphatic rings. The quantitative estimate of drug-likeness (QED) is 0.910. The summed E-state index contributed by atoms with van der Waals surface area (Å²) in [4.78, 5) is 16.4. The third-order valence-corrected chi connectivity index (χ3v) is 4.26. The van der Waals surface area contributed by atoms with Crippen LogP contribution in [0.15, 0.2) is 18.2 Å². The number of aromatic nitrogens is 2. The van der Waals surface area contributed by atoms with Gasteiger partial charge in [0.15, 0.2) is 0 Å². The molecule has 0 saturated heterocycles. The van der Waals surface area contributed by atoms with Gasteiger partial charge in [-0.25, -0.2) is 9.37 Å². The maximum absolute atomic E-state index is 13.2. The van der Waals surface area contributed by atoms with Crippen LogP contribution < -0.4 is 11.1 Å². The van der Waals surface area contributed by atoms with Crippen LogP contribution in [0.4, 0.5) is 10.3 Å². The van der Waals surface area contributed by atoms with Crippen LogP contribution in [0.5, 0.6) is 0 Å². The summed E-state index contributed by atoms with van der Waals surface area (Å²) in [6.07, 6.45) is 3.50. The largest absolute Gasteiger partial charge is 0.327 e. The molecule has 112 valence electrons. The highest BCUT2D eigenvalue weighted by Crippen LogP contribution is 2.27. The number of imidazole rings is 1. The minimum atomic E-state index is -0.338. The van der Waals surface area contributed by atoms with Gasteiger partial charge >= 0.3 is 0 Å². The summed E-state index contributed by atoms with van der Waals surface area (Å²) in [6, 6.07) is 4.51. The standard InChI is InChI=1S/C15H19FN4O/c1-20-13-6-5-10(16)8-12(13)18-15(20)19-14(21)7-9-3-2-4-11(9)17/h5-6,8-9,11H,2-4,7,17H2,1H3,(H,18,19,21)/t9-,11+/m0/s1. The Bertz CT molecular complexity index is 682. The molecule has 1 aromatic heterocycles. The number of nitrogens with two attached hydrogens (primary N) is 1. The number of anilines is 1. The van der Waals surface area contributed by atoms with Gasteiger partial charge in [-0.05, 0) is 30.9 Å². The maximum Gasteiger partial charge on any atom is 0.227 e. The van der Waals surface area contributed by atoms with Gasteiger partial charge in [0.25, 0.3) is 0 Å². The first-order chi connectivity index (χ1) is 10.0. The fourth-order valence-electron chi connectivity index (χ4n) is 3.02. The summed E-state index contributed by atoms with van der Waals surface area (Å²) in [7, 11) is 1.80. The van der Waals surface area contributed by atoms with Gasteiger partial charge in [-0.3, -0.25) is 10.1 Å². The molecule has 2 aromatic rings. The zero-order valence-corrected chi connectivity index (χ0v) is 12.0. The summed E-state index contributed by atoms with van der Waals surface area (Å²) in [6.45, 7) is 0. The van der Waals surface area contributed by atoms with Crippen LogP contribution in [0, 0.1) is 11.7 Å². The van der Waals surface area contributed by atoms with Crippen molar-refractivity contribution in [1.82, 2.24) is 9.55 Å². The Morgan fingerprint density at radius 2 is 2.33 bits per heavy atom. The Kier molecular flexibility index (Phi) is 3.63. The van der Waals surface area contributed by atoms with Crippen molar-refractivity contribution in [2.75, 3.05) is 5.32 Å². The number of fused-ring (bicyclic) bond motifs is 1. The molecular weight excluding hydrogens is 271 g/mol. The van der Waals surface area contributed by atoms with Gasteiger partial charge in [-0.2, -0.15) is 0 Å². The van der Waals surface area contributed by atoms with Crippen LogP contribution in [0.25, 0.3) is 11.0 Å². The molecule has 0 radical (unpaired) electrons. The van der Waals surface area contributed by atoms with Crippen molar-refractivity contribution in [2.24, 2.45) is 18.7 Å². The second-order valence-electron chi connectivity index (χ2n) is 5.73. The van der Waals surface area contributed by atoms with E-state index >= 15 is 0 Å². The van der Waals surface area contributed by atoms with Crippen molar-refractivity contribution in [3.8, 4) is 0 Å². The molecular formula is C15H19FN4O. The molecule has 0 unspecified atom stereocenters. The number of carbonyl (C=O) groups is 1. The first kappa shape index (κ1) is 14.0. The number of benzene rings is 1. The number of carbonyl (C=O) groups excluding carboxylic acids is 1. The predicted molar refractivity (Wildman–Crippen MR) is 79.2 cm³/mol. The van der Waals surface area contributed by atoms with Crippen LogP contribution in [-0.2, 0) is 11.8 Å². The molecule has 1 aliphatic carbocycles. The van der Waals surface area contributed by atoms with Crippen LogP contribution >= 0.6 is 0 Å². The van der Waals surface area contributed by atoms with Crippen molar-refractivity contribution in [3.05, 3.63) is 24.0 Å². The molecule has 1 aromatic carbocycles. The number of hydrogen-bond donors (Lipinski definition) is 2. The van der Waals surface area contributed by atoms with E-state index in [0.29, 0.717) is 17.9 Å². The van der Waals surface area contributed by atoms with Gasteiger partial charge in [0.1, 0.15) is 5.82 Å². The molecule has 3 N–H and O–H groups in total. The van der Waals surface area contributed by atoms with E-state index in [4.69, 9.17) is 5.73 Å². The fraction of sp³-hybridized carbons (Fsp3) is 0.467. The van der Waals surface area contributed by atoms with E-state index < -0.39 is 0 Å². The van der Waals surface area contributed by atoms with Gasteiger partial charge in [0.2, 0.25) is 11.9 Å². The Balaban J connectivity index is 1.75. The highest BCUT2D eigenvalue weighted by atomic mass is 19.1. The van der Waals surface area contributed by atoms with Crippen LogP contribution in [0.3, 0.4) is 0 Å². The second kappa shape index (κ2) is 5.44. The summed E-state index contributed by atoms with van der Waals surface area (Å²) in [5.41, 5.74) is 7.30. The lowest BCUT2D eigenvalue weighted by Crippen LogP contribution is -2.28. The number of aryl methyl sites for hydroxylation is 1. The smallest absolute Gasteiger partial charge is 0.227 e. The van der Waals surface area contributed by atoms with E-state index in [1.165, 1.54) is 12.1 Å². The summed E-state index contributed by atoms with van der Waals surface area (Å²) >= 11 is 0. The number of rotatable bonds is 3. The highest BCUT2D eigenvalue weighted by Gasteiger charge is 2.26. The molecule has 6 heteroatoms. The number of hydrogen-bond acceptors (Lipinski definition) is 3. The predicted octanol–water partition coefficient (Wildman–Crippen LogP) is 2.17.